The van der Waals surface area contributed by atoms with Crippen LogP contribution in [0.3, 0.4) is 0 Å². The lowest BCUT2D eigenvalue weighted by Gasteiger charge is -2.07. The van der Waals surface area contributed by atoms with Crippen molar-refractivity contribution in [1.82, 2.24) is 0 Å². The minimum atomic E-state index is -0.799. The number of benzene rings is 1. The van der Waals surface area contributed by atoms with Crippen LogP contribution in [0.4, 0.5) is 0 Å². The van der Waals surface area contributed by atoms with Crippen molar-refractivity contribution < 1.29 is 14.6 Å². The van der Waals surface area contributed by atoms with Gasteiger partial charge in [-0.15, -0.1) is 0 Å². The Labute approximate surface area is 102 Å². The van der Waals surface area contributed by atoms with E-state index in [1.807, 2.05) is 24.3 Å². The Morgan fingerprint density at radius 1 is 1.35 bits per heavy atom. The number of methoxy groups -OCH3 is 1. The Morgan fingerprint density at radius 2 is 2.00 bits per heavy atom. The first kappa shape index (κ1) is 13.3. The molecule has 0 unspecified atom stereocenters. The highest BCUT2D eigenvalue weighted by Gasteiger charge is 2.02. The Kier molecular flexibility index (Phi) is 5.27. The van der Waals surface area contributed by atoms with Gasteiger partial charge in [0.15, 0.2) is 0 Å². The molecule has 1 N–H and O–H groups in total. The van der Waals surface area contributed by atoms with Crippen LogP contribution in [0.5, 0.6) is 5.75 Å². The normalized spacial score (nSPS) is 11.3. The molecule has 0 saturated carbocycles. The molecule has 0 heterocycles. The minimum Gasteiger partial charge on any atom is -0.497 e. The van der Waals surface area contributed by atoms with E-state index in [1.54, 1.807) is 13.2 Å². The van der Waals surface area contributed by atoms with Crippen LogP contribution in [-0.2, 0) is 4.79 Å². The van der Waals surface area contributed by atoms with Crippen LogP contribution >= 0.6 is 0 Å². The summed E-state index contributed by atoms with van der Waals surface area (Å²) in [5.74, 6) is 0.00921. The van der Waals surface area contributed by atoms with Crippen LogP contribution in [0, 0.1) is 0 Å². The maximum Gasteiger partial charge on any atom is 0.307 e. The summed E-state index contributed by atoms with van der Waals surface area (Å²) in [6.45, 7) is 2.08. The van der Waals surface area contributed by atoms with Gasteiger partial charge in [0, 0.05) is 0 Å². The third-order valence-corrected chi connectivity index (χ3v) is 2.50. The molecule has 0 aliphatic carbocycles. The monoisotopic (exact) mass is 234 g/mol. The van der Waals surface area contributed by atoms with Gasteiger partial charge in [0.1, 0.15) is 5.75 Å². The molecule has 0 fully saturated rings. The number of carboxylic acid groups (broad SMARTS) is 1. The standard InChI is InChI=1S/C14H18O3/c1-3-4-11(7-10-14(15)16)12-5-8-13(17-2)9-6-12/h5-9H,3-4,10H2,1-2H3,(H,15,16)/b11-7+. The van der Waals surface area contributed by atoms with Crippen molar-refractivity contribution in [2.24, 2.45) is 0 Å². The molecule has 0 spiro atoms. The van der Waals surface area contributed by atoms with E-state index >= 15 is 0 Å². The van der Waals surface area contributed by atoms with E-state index in [0.29, 0.717) is 0 Å². The summed E-state index contributed by atoms with van der Waals surface area (Å²) in [7, 11) is 1.63. The second kappa shape index (κ2) is 6.74. The fourth-order valence-corrected chi connectivity index (χ4v) is 1.65. The Morgan fingerprint density at radius 3 is 2.47 bits per heavy atom. The number of carbonyl (C=O) groups is 1. The number of hydrogen-bond donors (Lipinski definition) is 1. The highest BCUT2D eigenvalue weighted by atomic mass is 16.5. The molecule has 0 aliphatic heterocycles. The molecule has 0 amide bonds. The summed E-state index contributed by atoms with van der Waals surface area (Å²) in [5, 5.41) is 8.70. The van der Waals surface area contributed by atoms with E-state index < -0.39 is 5.97 Å². The molecule has 0 radical (unpaired) electrons. The average molecular weight is 234 g/mol. The molecule has 0 bridgehead atoms. The molecule has 3 heteroatoms. The van der Waals surface area contributed by atoms with Crippen LogP contribution in [0.15, 0.2) is 30.3 Å². The lowest BCUT2D eigenvalue weighted by atomic mass is 10.0. The second-order valence-corrected chi connectivity index (χ2v) is 3.81. The van der Waals surface area contributed by atoms with Crippen LogP contribution in [0.2, 0.25) is 0 Å². The van der Waals surface area contributed by atoms with E-state index in [9.17, 15) is 4.79 Å². The fourth-order valence-electron chi connectivity index (χ4n) is 1.65. The van der Waals surface area contributed by atoms with Crippen LogP contribution < -0.4 is 4.74 Å². The summed E-state index contributed by atoms with van der Waals surface area (Å²) in [5.41, 5.74) is 2.14. The first-order valence-electron chi connectivity index (χ1n) is 5.72. The van der Waals surface area contributed by atoms with E-state index in [-0.39, 0.29) is 6.42 Å². The zero-order chi connectivity index (χ0) is 12.7. The molecule has 0 aliphatic rings. The summed E-state index contributed by atoms with van der Waals surface area (Å²) in [4.78, 5) is 10.6. The molecule has 0 atom stereocenters. The van der Waals surface area contributed by atoms with Gasteiger partial charge in [-0.3, -0.25) is 4.79 Å². The van der Waals surface area contributed by atoms with Gasteiger partial charge in [0.2, 0.25) is 0 Å². The number of carboxylic acids is 1. The van der Waals surface area contributed by atoms with Crippen molar-refractivity contribution in [2.75, 3.05) is 7.11 Å². The third-order valence-electron chi connectivity index (χ3n) is 2.50. The van der Waals surface area contributed by atoms with Gasteiger partial charge in [-0.05, 0) is 29.7 Å². The van der Waals surface area contributed by atoms with Gasteiger partial charge >= 0.3 is 5.97 Å². The van der Waals surface area contributed by atoms with Gasteiger partial charge in [0.25, 0.3) is 0 Å². The van der Waals surface area contributed by atoms with Crippen molar-refractivity contribution in [3.8, 4) is 5.75 Å². The van der Waals surface area contributed by atoms with E-state index in [1.165, 1.54) is 0 Å². The van der Waals surface area contributed by atoms with Crippen LogP contribution in [0.1, 0.15) is 31.7 Å². The molecule has 1 rings (SSSR count). The van der Waals surface area contributed by atoms with E-state index in [0.717, 1.165) is 29.7 Å². The van der Waals surface area contributed by atoms with E-state index in [2.05, 4.69) is 6.92 Å². The number of hydrogen-bond acceptors (Lipinski definition) is 2. The maximum absolute atomic E-state index is 10.6. The molecule has 3 nitrogen and oxygen atoms in total. The predicted octanol–water partition coefficient (Wildman–Crippen LogP) is 3.35. The largest absolute Gasteiger partial charge is 0.497 e. The first-order chi connectivity index (χ1) is 8.17. The maximum atomic E-state index is 10.6. The Bertz CT molecular complexity index is 390. The van der Waals surface area contributed by atoms with Crippen LogP contribution in [-0.4, -0.2) is 18.2 Å². The van der Waals surface area contributed by atoms with Gasteiger partial charge in [-0.2, -0.15) is 0 Å². The van der Waals surface area contributed by atoms with Crippen molar-refractivity contribution in [2.45, 2.75) is 26.2 Å². The highest BCUT2D eigenvalue weighted by Crippen LogP contribution is 2.23. The topological polar surface area (TPSA) is 46.5 Å². The number of ether oxygens (including phenoxy) is 1. The second-order valence-electron chi connectivity index (χ2n) is 3.81. The highest BCUT2D eigenvalue weighted by molar-refractivity contribution is 5.74. The number of allylic oxidation sites excluding steroid dienone is 1. The molecule has 1 aromatic rings. The van der Waals surface area contributed by atoms with Gasteiger partial charge in [-0.1, -0.05) is 31.6 Å². The van der Waals surface area contributed by atoms with Crippen molar-refractivity contribution in [3.05, 3.63) is 35.9 Å². The molecule has 17 heavy (non-hydrogen) atoms. The zero-order valence-electron chi connectivity index (χ0n) is 10.3. The van der Waals surface area contributed by atoms with Crippen molar-refractivity contribution >= 4 is 11.5 Å². The summed E-state index contributed by atoms with van der Waals surface area (Å²) < 4.78 is 5.09. The Hall–Kier alpha value is -1.77. The number of rotatable bonds is 6. The lowest BCUT2D eigenvalue weighted by molar-refractivity contribution is -0.135. The molecule has 0 saturated heterocycles. The summed E-state index contributed by atoms with van der Waals surface area (Å²) in [6, 6.07) is 7.70. The third kappa shape index (κ3) is 4.31. The van der Waals surface area contributed by atoms with Crippen molar-refractivity contribution in [3.63, 3.8) is 0 Å². The molecule has 92 valence electrons. The summed E-state index contributed by atoms with van der Waals surface area (Å²) >= 11 is 0. The zero-order valence-corrected chi connectivity index (χ0v) is 10.3. The van der Waals surface area contributed by atoms with Gasteiger partial charge in [-0.25, -0.2) is 0 Å². The predicted molar refractivity (Wildman–Crippen MR) is 68.1 cm³/mol. The lowest BCUT2D eigenvalue weighted by Crippen LogP contribution is -1.93. The summed E-state index contributed by atoms with van der Waals surface area (Å²) in [6.07, 6.45) is 3.74. The van der Waals surface area contributed by atoms with Crippen molar-refractivity contribution in [1.29, 1.82) is 0 Å². The molecule has 0 aromatic heterocycles. The molecular formula is C14H18O3. The Balaban J connectivity index is 2.88. The average Bonchev–Trinajstić information content (AvgIpc) is 2.34. The quantitative estimate of drug-likeness (QED) is 0.821. The number of aliphatic carboxylic acids is 1. The fraction of sp³-hybridized carbons (Fsp3) is 0.357. The van der Waals surface area contributed by atoms with Crippen LogP contribution in [0.25, 0.3) is 5.57 Å². The smallest absolute Gasteiger partial charge is 0.307 e. The minimum absolute atomic E-state index is 0.0708. The van der Waals surface area contributed by atoms with E-state index in [4.69, 9.17) is 9.84 Å². The SMILES string of the molecule is CCC/C(=C\CC(=O)O)c1ccc(OC)cc1. The van der Waals surface area contributed by atoms with Gasteiger partial charge < -0.3 is 9.84 Å². The molecular weight excluding hydrogens is 216 g/mol. The first-order valence-corrected chi connectivity index (χ1v) is 5.72. The van der Waals surface area contributed by atoms with Gasteiger partial charge in [0.05, 0.1) is 13.5 Å². The molecule has 1 aromatic carbocycles.